The molecule has 1 heterocycles. The predicted molar refractivity (Wildman–Crippen MR) is 105 cm³/mol. The van der Waals surface area contributed by atoms with Crippen molar-refractivity contribution in [1.82, 2.24) is 14.2 Å². The summed E-state index contributed by atoms with van der Waals surface area (Å²) in [4.78, 5) is 0. The third-order valence-corrected chi connectivity index (χ3v) is 4.50. The van der Waals surface area contributed by atoms with Gasteiger partial charge in [-0.05, 0) is 47.5 Å². The van der Waals surface area contributed by atoms with Crippen LogP contribution in [0.1, 0.15) is 11.1 Å². The molecule has 1 aromatic heterocycles. The molecule has 0 saturated heterocycles. The average Bonchev–Trinajstić information content (AvgIpc) is 3.16. The molecule has 26 heavy (non-hydrogen) atoms. The van der Waals surface area contributed by atoms with Crippen molar-refractivity contribution in [3.8, 4) is 5.75 Å². The maximum absolute atomic E-state index is 5.87. The van der Waals surface area contributed by atoms with Crippen LogP contribution in [0.25, 0.3) is 11.0 Å². The molecule has 0 amide bonds. The van der Waals surface area contributed by atoms with Crippen molar-refractivity contribution in [3.63, 3.8) is 0 Å². The molecule has 0 radical (unpaired) electrons. The molecule has 6 heteroatoms. The summed E-state index contributed by atoms with van der Waals surface area (Å²) in [5.74, 6) is 0.848. The van der Waals surface area contributed by atoms with Crippen molar-refractivity contribution in [1.29, 1.82) is 0 Å². The Morgan fingerprint density at radius 1 is 0.808 bits per heavy atom. The van der Waals surface area contributed by atoms with Crippen LogP contribution >= 0.6 is 11.7 Å². The monoisotopic (exact) mass is 362 g/mol. The molecule has 0 aliphatic heterocycles. The lowest BCUT2D eigenvalue weighted by Crippen LogP contribution is -2.20. The third-order valence-electron chi connectivity index (χ3n) is 3.95. The fourth-order valence-corrected chi connectivity index (χ4v) is 3.07. The van der Waals surface area contributed by atoms with Crippen molar-refractivity contribution < 1.29 is 4.74 Å². The van der Waals surface area contributed by atoms with E-state index < -0.39 is 0 Å². The number of rotatable bonds is 7. The van der Waals surface area contributed by atoms with E-state index >= 15 is 0 Å². The van der Waals surface area contributed by atoms with Gasteiger partial charge in [-0.2, -0.15) is 8.75 Å². The zero-order valence-corrected chi connectivity index (χ0v) is 14.9. The van der Waals surface area contributed by atoms with Gasteiger partial charge < -0.3 is 10.2 Å². The number of benzene rings is 3. The first-order valence-electron chi connectivity index (χ1n) is 8.34. The lowest BCUT2D eigenvalue weighted by atomic mass is 10.2. The molecule has 0 fully saturated rings. The van der Waals surface area contributed by atoms with Crippen LogP contribution in [0.5, 0.6) is 5.75 Å². The van der Waals surface area contributed by atoms with Gasteiger partial charge in [-0.25, -0.2) is 5.43 Å². The van der Waals surface area contributed by atoms with Gasteiger partial charge in [0, 0.05) is 12.2 Å². The third kappa shape index (κ3) is 4.17. The summed E-state index contributed by atoms with van der Waals surface area (Å²) in [7, 11) is 0. The highest BCUT2D eigenvalue weighted by molar-refractivity contribution is 7.00. The van der Waals surface area contributed by atoms with Crippen molar-refractivity contribution >= 4 is 28.4 Å². The second-order valence-corrected chi connectivity index (χ2v) is 6.39. The van der Waals surface area contributed by atoms with E-state index in [1.807, 2.05) is 60.7 Å². The second kappa shape index (κ2) is 7.95. The molecule has 5 nitrogen and oxygen atoms in total. The van der Waals surface area contributed by atoms with E-state index in [0.717, 1.165) is 34.6 Å². The molecule has 0 aliphatic rings. The molecule has 0 spiro atoms. The van der Waals surface area contributed by atoms with Gasteiger partial charge in [-0.1, -0.05) is 36.4 Å². The molecule has 4 rings (SSSR count). The quantitative estimate of drug-likeness (QED) is 0.478. The fraction of sp³-hybridized carbons (Fsp3) is 0.100. The van der Waals surface area contributed by atoms with Crippen LogP contribution in [0.2, 0.25) is 0 Å². The highest BCUT2D eigenvalue weighted by atomic mass is 32.1. The zero-order valence-electron chi connectivity index (χ0n) is 14.1. The van der Waals surface area contributed by atoms with Gasteiger partial charge in [-0.3, -0.25) is 0 Å². The zero-order chi connectivity index (χ0) is 17.6. The number of fused-ring (bicyclic) bond motifs is 1. The predicted octanol–water partition coefficient (Wildman–Crippen LogP) is 4.39. The number of aromatic nitrogens is 2. The normalized spacial score (nSPS) is 10.8. The summed E-state index contributed by atoms with van der Waals surface area (Å²) in [6, 6.07) is 24.1. The molecule has 0 atom stereocenters. The Kier molecular flexibility index (Phi) is 5.04. The minimum Gasteiger partial charge on any atom is -0.489 e. The van der Waals surface area contributed by atoms with Crippen LogP contribution in [0.15, 0.2) is 72.8 Å². The summed E-state index contributed by atoms with van der Waals surface area (Å²) in [5, 5.41) is 0. The first-order valence-corrected chi connectivity index (χ1v) is 9.07. The largest absolute Gasteiger partial charge is 0.489 e. The Labute approximate surface area is 156 Å². The number of anilines is 1. The molecule has 130 valence electrons. The van der Waals surface area contributed by atoms with Gasteiger partial charge in [0.05, 0.1) is 11.7 Å². The molecule has 0 aliphatic carbocycles. The Bertz CT molecular complexity index is 970. The Morgan fingerprint density at radius 3 is 2.42 bits per heavy atom. The van der Waals surface area contributed by atoms with Crippen LogP contribution in [-0.4, -0.2) is 8.75 Å². The van der Waals surface area contributed by atoms with E-state index in [1.165, 1.54) is 17.3 Å². The fourth-order valence-electron chi connectivity index (χ4n) is 2.56. The van der Waals surface area contributed by atoms with Crippen LogP contribution in [0, 0.1) is 0 Å². The summed E-state index contributed by atoms with van der Waals surface area (Å²) in [6.07, 6.45) is 0. The van der Waals surface area contributed by atoms with Crippen molar-refractivity contribution in [3.05, 3.63) is 83.9 Å². The Hall–Kier alpha value is -2.96. The van der Waals surface area contributed by atoms with E-state index in [-0.39, 0.29) is 0 Å². The maximum Gasteiger partial charge on any atom is 0.119 e. The molecular weight excluding hydrogens is 344 g/mol. The smallest absolute Gasteiger partial charge is 0.119 e. The van der Waals surface area contributed by atoms with Crippen LogP contribution in [-0.2, 0) is 13.2 Å². The van der Waals surface area contributed by atoms with E-state index in [9.17, 15) is 0 Å². The standard InChI is InChI=1S/C20H18N4OS/c1-2-4-17(5-3-1)22-21-13-15-6-9-18(10-7-15)25-14-16-8-11-19-20(12-16)24-26-23-19/h1-12,21-22H,13-14H2. The van der Waals surface area contributed by atoms with E-state index in [4.69, 9.17) is 4.74 Å². The minimum absolute atomic E-state index is 0.515. The highest BCUT2D eigenvalue weighted by Crippen LogP contribution is 2.17. The van der Waals surface area contributed by atoms with Gasteiger partial charge in [0.2, 0.25) is 0 Å². The number of hydrogen-bond donors (Lipinski definition) is 2. The molecule has 3 aromatic carbocycles. The molecule has 0 bridgehead atoms. The van der Waals surface area contributed by atoms with Crippen LogP contribution in [0.4, 0.5) is 5.69 Å². The number of ether oxygens (including phenoxy) is 1. The second-order valence-electron chi connectivity index (χ2n) is 5.86. The summed E-state index contributed by atoms with van der Waals surface area (Å²) in [6.45, 7) is 1.24. The first-order chi connectivity index (χ1) is 12.9. The van der Waals surface area contributed by atoms with Crippen molar-refractivity contribution in [2.24, 2.45) is 0 Å². The van der Waals surface area contributed by atoms with Gasteiger partial charge in [0.15, 0.2) is 0 Å². The summed E-state index contributed by atoms with van der Waals surface area (Å²) in [5.41, 5.74) is 11.5. The van der Waals surface area contributed by atoms with Gasteiger partial charge in [0.1, 0.15) is 23.4 Å². The van der Waals surface area contributed by atoms with Crippen molar-refractivity contribution in [2.75, 3.05) is 5.43 Å². The molecule has 0 saturated carbocycles. The van der Waals surface area contributed by atoms with Gasteiger partial charge in [0.25, 0.3) is 0 Å². The van der Waals surface area contributed by atoms with E-state index in [2.05, 4.69) is 31.7 Å². The number of hydrazine groups is 1. The van der Waals surface area contributed by atoms with E-state index in [0.29, 0.717) is 6.61 Å². The summed E-state index contributed by atoms with van der Waals surface area (Å²) >= 11 is 1.23. The Balaban J connectivity index is 1.28. The lowest BCUT2D eigenvalue weighted by molar-refractivity contribution is 0.306. The molecule has 0 unspecified atom stereocenters. The highest BCUT2D eigenvalue weighted by Gasteiger charge is 2.02. The number of para-hydroxylation sites is 1. The van der Waals surface area contributed by atoms with E-state index in [1.54, 1.807) is 0 Å². The van der Waals surface area contributed by atoms with Gasteiger partial charge >= 0.3 is 0 Å². The number of nitrogens with zero attached hydrogens (tertiary/aromatic N) is 2. The topological polar surface area (TPSA) is 59.1 Å². The van der Waals surface area contributed by atoms with Crippen LogP contribution < -0.4 is 15.6 Å². The number of nitrogens with one attached hydrogen (secondary N) is 2. The average molecular weight is 362 g/mol. The maximum atomic E-state index is 5.87. The molecular formula is C20H18N4OS. The number of hydrogen-bond acceptors (Lipinski definition) is 6. The first kappa shape index (κ1) is 16.5. The van der Waals surface area contributed by atoms with Crippen LogP contribution in [0.3, 0.4) is 0 Å². The molecule has 4 aromatic rings. The van der Waals surface area contributed by atoms with Gasteiger partial charge in [-0.15, -0.1) is 0 Å². The lowest BCUT2D eigenvalue weighted by Gasteiger charge is -2.10. The minimum atomic E-state index is 0.515. The van der Waals surface area contributed by atoms with Crippen molar-refractivity contribution in [2.45, 2.75) is 13.2 Å². The Morgan fingerprint density at radius 2 is 1.58 bits per heavy atom. The molecule has 2 N–H and O–H groups in total. The SMILES string of the molecule is c1ccc(NNCc2ccc(OCc3ccc4nsnc4c3)cc2)cc1. The summed E-state index contributed by atoms with van der Waals surface area (Å²) < 4.78 is 14.3.